The zero-order chi connectivity index (χ0) is 10.7. The van der Waals surface area contributed by atoms with Crippen molar-refractivity contribution in [2.24, 2.45) is 11.7 Å². The van der Waals surface area contributed by atoms with Crippen LogP contribution in [0.25, 0.3) is 0 Å². The van der Waals surface area contributed by atoms with Crippen molar-refractivity contribution in [2.45, 2.75) is 45.9 Å². The zero-order valence-electron chi connectivity index (χ0n) is 9.86. The molecule has 14 heavy (non-hydrogen) atoms. The fraction of sp³-hybridized carbons (Fsp3) is 1.00. The lowest BCUT2D eigenvalue weighted by Crippen LogP contribution is -2.50. The second-order valence-electron chi connectivity index (χ2n) is 4.88. The predicted octanol–water partition coefficient (Wildman–Crippen LogP) is 1.08. The first-order chi connectivity index (χ1) is 6.49. The Morgan fingerprint density at radius 2 is 1.79 bits per heavy atom. The molecule has 1 aliphatic rings. The largest absolute Gasteiger partial charge is 0.373 e. The molecule has 0 aromatic rings. The molecule has 0 radical (unpaired) electrons. The van der Waals surface area contributed by atoms with Crippen LogP contribution < -0.4 is 5.73 Å². The molecule has 1 unspecified atom stereocenters. The summed E-state index contributed by atoms with van der Waals surface area (Å²) < 4.78 is 5.68. The number of hydrogen-bond donors (Lipinski definition) is 1. The molecule has 2 N–H and O–H groups in total. The Morgan fingerprint density at radius 1 is 1.29 bits per heavy atom. The van der Waals surface area contributed by atoms with Crippen molar-refractivity contribution in [3.8, 4) is 0 Å². The maximum Gasteiger partial charge on any atom is 0.0678 e. The highest BCUT2D eigenvalue weighted by Gasteiger charge is 2.23. The van der Waals surface area contributed by atoms with Crippen LogP contribution in [0.1, 0.15) is 27.7 Å². The van der Waals surface area contributed by atoms with E-state index in [1.165, 1.54) is 0 Å². The summed E-state index contributed by atoms with van der Waals surface area (Å²) in [6.45, 7) is 11.6. The molecule has 0 bridgehead atoms. The van der Waals surface area contributed by atoms with Gasteiger partial charge in [-0.05, 0) is 19.8 Å². The van der Waals surface area contributed by atoms with Crippen LogP contribution in [0.4, 0.5) is 0 Å². The van der Waals surface area contributed by atoms with Gasteiger partial charge in [0, 0.05) is 25.7 Å². The normalized spacial score (nSPS) is 32.1. The van der Waals surface area contributed by atoms with Gasteiger partial charge in [0.25, 0.3) is 0 Å². The number of nitrogens with two attached hydrogens (primary N) is 1. The molecular formula is C11H24N2O. The maximum absolute atomic E-state index is 6.06. The van der Waals surface area contributed by atoms with Gasteiger partial charge in [-0.3, -0.25) is 4.90 Å². The van der Waals surface area contributed by atoms with Crippen LogP contribution >= 0.6 is 0 Å². The lowest BCUT2D eigenvalue weighted by Gasteiger charge is -2.37. The minimum absolute atomic E-state index is 0.285. The van der Waals surface area contributed by atoms with Gasteiger partial charge in [-0.2, -0.15) is 0 Å². The average molecular weight is 200 g/mol. The van der Waals surface area contributed by atoms with Crippen LogP contribution in [-0.2, 0) is 4.74 Å². The molecule has 1 aliphatic heterocycles. The Labute approximate surface area is 87.6 Å². The highest BCUT2D eigenvalue weighted by atomic mass is 16.5. The molecule has 1 heterocycles. The molecule has 3 heteroatoms. The lowest BCUT2D eigenvalue weighted by atomic mass is 10.0. The highest BCUT2D eigenvalue weighted by Crippen LogP contribution is 2.12. The quantitative estimate of drug-likeness (QED) is 0.741. The molecule has 0 spiro atoms. The summed E-state index contributed by atoms with van der Waals surface area (Å²) in [6, 6.07) is 0.285. The molecule has 0 aromatic heterocycles. The summed E-state index contributed by atoms with van der Waals surface area (Å²) in [7, 11) is 0. The Morgan fingerprint density at radius 3 is 2.21 bits per heavy atom. The minimum atomic E-state index is 0.285. The van der Waals surface area contributed by atoms with E-state index in [1.54, 1.807) is 0 Å². The predicted molar refractivity (Wildman–Crippen MR) is 59.3 cm³/mol. The summed E-state index contributed by atoms with van der Waals surface area (Å²) in [5.41, 5.74) is 6.06. The van der Waals surface area contributed by atoms with Crippen molar-refractivity contribution in [1.82, 2.24) is 4.90 Å². The Bertz CT molecular complexity index is 163. The molecule has 84 valence electrons. The van der Waals surface area contributed by atoms with Gasteiger partial charge in [-0.25, -0.2) is 0 Å². The second-order valence-corrected chi connectivity index (χ2v) is 4.88. The second kappa shape index (κ2) is 5.10. The maximum atomic E-state index is 6.06. The smallest absolute Gasteiger partial charge is 0.0678 e. The van der Waals surface area contributed by atoms with Crippen molar-refractivity contribution in [2.75, 3.05) is 19.6 Å². The number of hydrogen-bond acceptors (Lipinski definition) is 3. The molecular weight excluding hydrogens is 176 g/mol. The first-order valence-corrected chi connectivity index (χ1v) is 5.62. The van der Waals surface area contributed by atoms with Gasteiger partial charge < -0.3 is 10.5 Å². The molecule has 0 saturated carbocycles. The van der Waals surface area contributed by atoms with Gasteiger partial charge in [-0.1, -0.05) is 13.8 Å². The molecule has 3 nitrogen and oxygen atoms in total. The third-order valence-corrected chi connectivity index (χ3v) is 2.82. The van der Waals surface area contributed by atoms with Crippen molar-refractivity contribution in [1.29, 1.82) is 0 Å². The molecule has 3 atom stereocenters. The highest BCUT2D eigenvalue weighted by molar-refractivity contribution is 4.78. The summed E-state index contributed by atoms with van der Waals surface area (Å²) in [5.74, 6) is 0.559. The van der Waals surface area contributed by atoms with Crippen molar-refractivity contribution in [3.63, 3.8) is 0 Å². The van der Waals surface area contributed by atoms with Gasteiger partial charge >= 0.3 is 0 Å². The van der Waals surface area contributed by atoms with Gasteiger partial charge in [0.05, 0.1) is 12.2 Å². The standard InChI is InChI=1S/C11H24N2O/c1-8(2)11(12)7-13-5-9(3)14-10(4)6-13/h8-11H,5-7,12H2,1-4H3/t9-,10+,11?. The van der Waals surface area contributed by atoms with Crippen LogP contribution in [0.15, 0.2) is 0 Å². The number of nitrogens with zero attached hydrogens (tertiary/aromatic N) is 1. The fourth-order valence-electron chi connectivity index (χ4n) is 1.94. The van der Waals surface area contributed by atoms with Gasteiger partial charge in [-0.15, -0.1) is 0 Å². The van der Waals surface area contributed by atoms with Gasteiger partial charge in [0.1, 0.15) is 0 Å². The Kier molecular flexibility index (Phi) is 4.35. The van der Waals surface area contributed by atoms with Crippen LogP contribution in [0.2, 0.25) is 0 Å². The summed E-state index contributed by atoms with van der Waals surface area (Å²) >= 11 is 0. The average Bonchev–Trinajstić information content (AvgIpc) is 2.01. The number of morpholine rings is 1. The number of rotatable bonds is 3. The van der Waals surface area contributed by atoms with E-state index in [0.717, 1.165) is 19.6 Å². The van der Waals surface area contributed by atoms with E-state index in [9.17, 15) is 0 Å². The molecule has 1 saturated heterocycles. The molecule has 1 rings (SSSR count). The SMILES string of the molecule is CC(C)C(N)CN1C[C@@H](C)O[C@@H](C)C1. The van der Waals surface area contributed by atoms with E-state index < -0.39 is 0 Å². The molecule has 1 fully saturated rings. The van der Waals surface area contributed by atoms with Crippen molar-refractivity contribution < 1.29 is 4.74 Å². The van der Waals surface area contributed by atoms with Crippen LogP contribution in [0.5, 0.6) is 0 Å². The first kappa shape index (κ1) is 12.0. The van der Waals surface area contributed by atoms with E-state index in [2.05, 4.69) is 32.6 Å². The lowest BCUT2D eigenvalue weighted by molar-refractivity contribution is -0.0699. The van der Waals surface area contributed by atoms with Crippen LogP contribution in [-0.4, -0.2) is 42.8 Å². The van der Waals surface area contributed by atoms with E-state index in [4.69, 9.17) is 10.5 Å². The third-order valence-electron chi connectivity index (χ3n) is 2.82. The van der Waals surface area contributed by atoms with E-state index in [-0.39, 0.29) is 6.04 Å². The molecule has 0 amide bonds. The van der Waals surface area contributed by atoms with E-state index in [0.29, 0.717) is 18.1 Å². The van der Waals surface area contributed by atoms with Crippen molar-refractivity contribution >= 4 is 0 Å². The summed E-state index contributed by atoms with van der Waals surface area (Å²) in [5, 5.41) is 0. The topological polar surface area (TPSA) is 38.5 Å². The Hall–Kier alpha value is -0.120. The monoisotopic (exact) mass is 200 g/mol. The molecule has 0 aliphatic carbocycles. The summed E-state index contributed by atoms with van der Waals surface area (Å²) in [4.78, 5) is 2.42. The van der Waals surface area contributed by atoms with Crippen LogP contribution in [0.3, 0.4) is 0 Å². The Balaban J connectivity index is 2.36. The fourth-order valence-corrected chi connectivity index (χ4v) is 1.94. The van der Waals surface area contributed by atoms with Gasteiger partial charge in [0.2, 0.25) is 0 Å². The zero-order valence-corrected chi connectivity index (χ0v) is 9.86. The van der Waals surface area contributed by atoms with Gasteiger partial charge in [0.15, 0.2) is 0 Å². The first-order valence-electron chi connectivity index (χ1n) is 5.62. The van der Waals surface area contributed by atoms with Crippen LogP contribution in [0, 0.1) is 5.92 Å². The minimum Gasteiger partial charge on any atom is -0.373 e. The van der Waals surface area contributed by atoms with E-state index >= 15 is 0 Å². The number of ether oxygens (including phenoxy) is 1. The molecule has 0 aromatic carbocycles. The van der Waals surface area contributed by atoms with E-state index in [1.807, 2.05) is 0 Å². The summed E-state index contributed by atoms with van der Waals surface area (Å²) in [6.07, 6.45) is 0.691. The van der Waals surface area contributed by atoms with Crippen molar-refractivity contribution in [3.05, 3.63) is 0 Å². The third kappa shape index (κ3) is 3.56.